The molecular weight excluding hydrogens is 288 g/mol. The van der Waals surface area contributed by atoms with Gasteiger partial charge in [-0.25, -0.2) is 0 Å². The Hall–Kier alpha value is -1.48. The summed E-state index contributed by atoms with van der Waals surface area (Å²) < 4.78 is 1.01. The van der Waals surface area contributed by atoms with Crippen LogP contribution < -0.4 is 11.1 Å². The van der Waals surface area contributed by atoms with Crippen LogP contribution in [0.15, 0.2) is 46.9 Å². The van der Waals surface area contributed by atoms with E-state index in [9.17, 15) is 0 Å². The molecule has 0 bridgehead atoms. The predicted molar refractivity (Wildman–Crippen MR) is 79.9 cm³/mol. The van der Waals surface area contributed by atoms with Crippen molar-refractivity contribution in [1.29, 1.82) is 0 Å². The van der Waals surface area contributed by atoms with Crippen molar-refractivity contribution in [3.05, 3.63) is 58.1 Å². The smallest absolute Gasteiger partial charge is 0.0574 e. The first kappa shape index (κ1) is 11.6. The van der Waals surface area contributed by atoms with Crippen LogP contribution in [0, 0.1) is 0 Å². The van der Waals surface area contributed by atoms with Gasteiger partial charge in [-0.2, -0.15) is 0 Å². The number of halogens is 1. The number of rotatable bonds is 3. The highest BCUT2D eigenvalue weighted by atomic mass is 79.9. The zero-order chi connectivity index (χ0) is 12.5. The number of nitrogens with two attached hydrogens (primary N) is 1. The average Bonchev–Trinajstić information content (AvgIpc) is 2.33. The third-order valence-electron chi connectivity index (χ3n) is 3.51. The quantitative estimate of drug-likeness (QED) is 0.847. The molecule has 1 atom stereocenters. The molecule has 1 unspecified atom stereocenters. The Morgan fingerprint density at radius 1 is 1.22 bits per heavy atom. The second kappa shape index (κ2) is 4.65. The van der Waals surface area contributed by atoms with Crippen molar-refractivity contribution in [2.24, 2.45) is 0 Å². The molecule has 0 saturated heterocycles. The minimum absolute atomic E-state index is 0.615. The van der Waals surface area contributed by atoms with Gasteiger partial charge in [0.15, 0.2) is 0 Å². The van der Waals surface area contributed by atoms with Gasteiger partial charge in [0.1, 0.15) is 0 Å². The molecule has 0 saturated carbocycles. The Morgan fingerprint density at radius 3 is 2.83 bits per heavy atom. The molecule has 1 aliphatic carbocycles. The summed E-state index contributed by atoms with van der Waals surface area (Å²) in [5, 5.41) is 3.44. The number of hydrogen-bond donors (Lipinski definition) is 2. The van der Waals surface area contributed by atoms with Gasteiger partial charge in [-0.1, -0.05) is 40.2 Å². The first-order chi connectivity index (χ1) is 8.74. The Labute approximate surface area is 115 Å². The molecule has 3 rings (SSSR count). The van der Waals surface area contributed by atoms with Crippen molar-refractivity contribution < 1.29 is 0 Å². The fourth-order valence-corrected chi connectivity index (χ4v) is 2.85. The van der Waals surface area contributed by atoms with E-state index in [1.807, 2.05) is 18.2 Å². The second-order valence-electron chi connectivity index (χ2n) is 4.71. The van der Waals surface area contributed by atoms with Crippen LogP contribution in [0.25, 0.3) is 0 Å². The summed E-state index contributed by atoms with van der Waals surface area (Å²) in [7, 11) is 0. The lowest BCUT2D eigenvalue weighted by atomic mass is 9.77. The standard InChI is InChI=1S/C15H15BrN2/c16-12-5-6-15(14(17)8-12)18-9-11-7-10-3-1-2-4-13(10)11/h1-6,8,11,18H,7,9,17H2. The normalized spacial score (nSPS) is 16.8. The van der Waals surface area contributed by atoms with Crippen LogP contribution in [-0.4, -0.2) is 6.54 Å². The van der Waals surface area contributed by atoms with E-state index in [0.717, 1.165) is 22.4 Å². The number of benzene rings is 2. The Kier molecular flexibility index (Phi) is 3.00. The maximum Gasteiger partial charge on any atom is 0.0574 e. The zero-order valence-corrected chi connectivity index (χ0v) is 11.6. The lowest BCUT2D eigenvalue weighted by molar-refractivity contribution is 0.636. The van der Waals surface area contributed by atoms with E-state index in [4.69, 9.17) is 5.73 Å². The first-order valence-electron chi connectivity index (χ1n) is 6.11. The van der Waals surface area contributed by atoms with E-state index in [0.29, 0.717) is 5.92 Å². The lowest BCUT2D eigenvalue weighted by Gasteiger charge is -2.30. The van der Waals surface area contributed by atoms with Gasteiger partial charge in [0, 0.05) is 16.9 Å². The molecule has 0 fully saturated rings. The maximum absolute atomic E-state index is 5.97. The number of fused-ring (bicyclic) bond motifs is 1. The molecule has 0 heterocycles. The van der Waals surface area contributed by atoms with Crippen molar-refractivity contribution in [3.63, 3.8) is 0 Å². The highest BCUT2D eigenvalue weighted by Gasteiger charge is 2.24. The van der Waals surface area contributed by atoms with Gasteiger partial charge in [-0.15, -0.1) is 0 Å². The summed E-state index contributed by atoms with van der Waals surface area (Å²) in [6.45, 7) is 0.947. The van der Waals surface area contributed by atoms with E-state index in [1.54, 1.807) is 0 Å². The monoisotopic (exact) mass is 302 g/mol. The van der Waals surface area contributed by atoms with Crippen molar-refractivity contribution >= 4 is 27.3 Å². The van der Waals surface area contributed by atoms with E-state index in [1.165, 1.54) is 17.5 Å². The van der Waals surface area contributed by atoms with Gasteiger partial charge in [0.05, 0.1) is 11.4 Å². The molecule has 1 aliphatic rings. The van der Waals surface area contributed by atoms with Crippen LogP contribution in [0.5, 0.6) is 0 Å². The van der Waals surface area contributed by atoms with Crippen LogP contribution in [-0.2, 0) is 6.42 Å². The molecule has 0 amide bonds. The van der Waals surface area contributed by atoms with E-state index in [-0.39, 0.29) is 0 Å². The third-order valence-corrected chi connectivity index (χ3v) is 4.01. The number of hydrogen-bond acceptors (Lipinski definition) is 2. The molecule has 3 N–H and O–H groups in total. The number of nitrogen functional groups attached to an aromatic ring is 1. The van der Waals surface area contributed by atoms with E-state index in [2.05, 4.69) is 45.5 Å². The van der Waals surface area contributed by atoms with Gasteiger partial charge in [0.2, 0.25) is 0 Å². The minimum Gasteiger partial charge on any atom is -0.397 e. The first-order valence-corrected chi connectivity index (χ1v) is 6.90. The van der Waals surface area contributed by atoms with Gasteiger partial charge in [-0.3, -0.25) is 0 Å². The van der Waals surface area contributed by atoms with E-state index < -0.39 is 0 Å². The number of anilines is 2. The van der Waals surface area contributed by atoms with Crippen molar-refractivity contribution in [1.82, 2.24) is 0 Å². The third kappa shape index (κ3) is 2.10. The molecule has 0 aliphatic heterocycles. The van der Waals surface area contributed by atoms with Crippen LogP contribution in [0.1, 0.15) is 17.0 Å². The lowest BCUT2D eigenvalue weighted by Crippen LogP contribution is -2.24. The van der Waals surface area contributed by atoms with Gasteiger partial charge in [-0.05, 0) is 35.7 Å². The molecule has 0 aromatic heterocycles. The summed E-state index contributed by atoms with van der Waals surface area (Å²) in [5.41, 5.74) is 10.7. The largest absolute Gasteiger partial charge is 0.397 e. The molecule has 18 heavy (non-hydrogen) atoms. The topological polar surface area (TPSA) is 38.0 Å². The fourth-order valence-electron chi connectivity index (χ4n) is 2.47. The van der Waals surface area contributed by atoms with Crippen molar-refractivity contribution in [3.8, 4) is 0 Å². The number of nitrogens with one attached hydrogen (secondary N) is 1. The minimum atomic E-state index is 0.615. The molecule has 2 nitrogen and oxygen atoms in total. The van der Waals surface area contributed by atoms with E-state index >= 15 is 0 Å². The Bertz CT molecular complexity index is 580. The molecule has 2 aromatic carbocycles. The van der Waals surface area contributed by atoms with Crippen molar-refractivity contribution in [2.75, 3.05) is 17.6 Å². The van der Waals surface area contributed by atoms with Gasteiger partial charge in [0.25, 0.3) is 0 Å². The highest BCUT2D eigenvalue weighted by molar-refractivity contribution is 9.10. The van der Waals surface area contributed by atoms with Crippen LogP contribution in [0.4, 0.5) is 11.4 Å². The summed E-state index contributed by atoms with van der Waals surface area (Å²) in [4.78, 5) is 0. The Morgan fingerprint density at radius 2 is 2.06 bits per heavy atom. The zero-order valence-electron chi connectivity index (χ0n) is 9.99. The molecule has 0 radical (unpaired) electrons. The average molecular weight is 303 g/mol. The SMILES string of the molecule is Nc1cc(Br)ccc1NCC1Cc2ccccc21. The molecule has 2 aromatic rings. The van der Waals surface area contributed by atoms with Gasteiger partial charge < -0.3 is 11.1 Å². The predicted octanol–water partition coefficient (Wildman–Crippen LogP) is 3.78. The van der Waals surface area contributed by atoms with Crippen LogP contribution in [0.3, 0.4) is 0 Å². The molecule has 3 heteroatoms. The molecular formula is C15H15BrN2. The van der Waals surface area contributed by atoms with Crippen LogP contribution in [0.2, 0.25) is 0 Å². The summed E-state index contributed by atoms with van der Waals surface area (Å²) in [5.74, 6) is 0.615. The van der Waals surface area contributed by atoms with Crippen molar-refractivity contribution in [2.45, 2.75) is 12.3 Å². The summed E-state index contributed by atoms with van der Waals surface area (Å²) in [6, 6.07) is 14.6. The maximum atomic E-state index is 5.97. The van der Waals surface area contributed by atoms with Crippen LogP contribution >= 0.6 is 15.9 Å². The second-order valence-corrected chi connectivity index (χ2v) is 5.63. The highest BCUT2D eigenvalue weighted by Crippen LogP contribution is 2.35. The molecule has 0 spiro atoms. The Balaban J connectivity index is 1.66. The summed E-state index contributed by atoms with van der Waals surface area (Å²) in [6.07, 6.45) is 1.17. The fraction of sp³-hybridized carbons (Fsp3) is 0.200. The molecule has 92 valence electrons. The summed E-state index contributed by atoms with van der Waals surface area (Å²) >= 11 is 3.41. The van der Waals surface area contributed by atoms with Gasteiger partial charge >= 0.3 is 0 Å².